The summed E-state index contributed by atoms with van der Waals surface area (Å²) in [6.07, 6.45) is 2.97. The number of rotatable bonds is 8. The van der Waals surface area contributed by atoms with Gasteiger partial charge in [0, 0.05) is 18.1 Å². The molecule has 1 heterocycles. The first-order valence-electron chi connectivity index (χ1n) is 6.17. The Labute approximate surface area is 122 Å². The van der Waals surface area contributed by atoms with Gasteiger partial charge >= 0.3 is 0 Å². The van der Waals surface area contributed by atoms with Crippen LogP contribution in [-0.2, 0) is 11.3 Å². The third-order valence-electron chi connectivity index (χ3n) is 2.83. The van der Waals surface area contributed by atoms with E-state index in [-0.39, 0.29) is 6.04 Å². The molecule has 1 aromatic rings. The van der Waals surface area contributed by atoms with Crippen LogP contribution in [0, 0.1) is 0 Å². The summed E-state index contributed by atoms with van der Waals surface area (Å²) in [7, 11) is 1.69. The van der Waals surface area contributed by atoms with Gasteiger partial charge in [-0.25, -0.2) is 0 Å². The topological polar surface area (TPSA) is 53.1 Å². The molecule has 1 rings (SSSR count). The van der Waals surface area contributed by atoms with Crippen molar-refractivity contribution in [1.82, 2.24) is 9.78 Å². The smallest absolute Gasteiger partial charge is 0.0702 e. The standard InChI is InChI=1S/C12H22BrN3OS/c1-4-9(2)18-8-11(14)12-10(13)7-15-16(12)5-6-17-3/h7,9,11H,4-6,8,14H2,1-3H3. The minimum atomic E-state index is -0.00210. The quantitative estimate of drug-likeness (QED) is 0.793. The summed E-state index contributed by atoms with van der Waals surface area (Å²) in [6, 6.07) is -0.00210. The molecule has 6 heteroatoms. The van der Waals surface area contributed by atoms with E-state index in [9.17, 15) is 0 Å². The first kappa shape index (κ1) is 16.0. The van der Waals surface area contributed by atoms with Crippen LogP contribution in [0.15, 0.2) is 10.7 Å². The van der Waals surface area contributed by atoms with E-state index >= 15 is 0 Å². The Balaban J connectivity index is 2.65. The largest absolute Gasteiger partial charge is 0.383 e. The van der Waals surface area contributed by atoms with E-state index in [1.165, 1.54) is 6.42 Å². The van der Waals surface area contributed by atoms with Crippen LogP contribution in [0.25, 0.3) is 0 Å². The minimum Gasteiger partial charge on any atom is -0.383 e. The van der Waals surface area contributed by atoms with E-state index in [0.29, 0.717) is 11.9 Å². The van der Waals surface area contributed by atoms with Crippen molar-refractivity contribution >= 4 is 27.7 Å². The second-order valence-corrected chi connectivity index (χ2v) is 6.58. The summed E-state index contributed by atoms with van der Waals surface area (Å²) in [4.78, 5) is 0. The van der Waals surface area contributed by atoms with E-state index in [0.717, 1.165) is 22.5 Å². The molecule has 0 aliphatic carbocycles. The van der Waals surface area contributed by atoms with Crippen molar-refractivity contribution < 1.29 is 4.74 Å². The highest BCUT2D eigenvalue weighted by molar-refractivity contribution is 9.10. The van der Waals surface area contributed by atoms with Crippen LogP contribution in [0.2, 0.25) is 0 Å². The molecule has 104 valence electrons. The molecule has 0 fully saturated rings. The van der Waals surface area contributed by atoms with E-state index in [2.05, 4.69) is 34.9 Å². The van der Waals surface area contributed by atoms with Gasteiger partial charge in [-0.15, -0.1) is 0 Å². The molecule has 2 atom stereocenters. The molecule has 0 spiro atoms. The second kappa shape index (κ2) is 8.19. The summed E-state index contributed by atoms with van der Waals surface area (Å²) in [6.45, 7) is 5.81. The molecule has 0 radical (unpaired) electrons. The predicted molar refractivity (Wildman–Crippen MR) is 80.9 cm³/mol. The molecular weight excluding hydrogens is 314 g/mol. The molecule has 2 N–H and O–H groups in total. The van der Waals surface area contributed by atoms with Crippen LogP contribution in [0.4, 0.5) is 0 Å². The van der Waals surface area contributed by atoms with Crippen LogP contribution < -0.4 is 5.73 Å². The van der Waals surface area contributed by atoms with Crippen molar-refractivity contribution in [3.05, 3.63) is 16.4 Å². The van der Waals surface area contributed by atoms with E-state index in [4.69, 9.17) is 10.5 Å². The lowest BCUT2D eigenvalue weighted by atomic mass is 10.2. The van der Waals surface area contributed by atoms with E-state index in [1.807, 2.05) is 16.4 Å². The van der Waals surface area contributed by atoms with Gasteiger partial charge in [0.15, 0.2) is 0 Å². The van der Waals surface area contributed by atoms with Crippen molar-refractivity contribution in [3.8, 4) is 0 Å². The molecule has 1 aromatic heterocycles. The predicted octanol–water partition coefficient (Wildman–Crippen LogP) is 2.82. The van der Waals surface area contributed by atoms with Gasteiger partial charge in [-0.05, 0) is 22.4 Å². The maximum absolute atomic E-state index is 6.26. The monoisotopic (exact) mass is 335 g/mol. The van der Waals surface area contributed by atoms with Gasteiger partial charge in [0.1, 0.15) is 0 Å². The third-order valence-corrected chi connectivity index (χ3v) is 4.89. The van der Waals surface area contributed by atoms with Gasteiger partial charge in [0.25, 0.3) is 0 Å². The maximum atomic E-state index is 6.26. The number of ether oxygens (including phenoxy) is 1. The van der Waals surface area contributed by atoms with E-state index in [1.54, 1.807) is 13.3 Å². The zero-order valence-electron chi connectivity index (χ0n) is 11.2. The van der Waals surface area contributed by atoms with Crippen LogP contribution >= 0.6 is 27.7 Å². The van der Waals surface area contributed by atoms with Gasteiger partial charge in [-0.1, -0.05) is 13.8 Å². The molecular formula is C12H22BrN3OS. The first-order valence-corrected chi connectivity index (χ1v) is 8.01. The van der Waals surface area contributed by atoms with Crippen molar-refractivity contribution in [2.45, 2.75) is 38.1 Å². The molecule has 0 saturated heterocycles. The Bertz CT molecular complexity index is 359. The lowest BCUT2D eigenvalue weighted by Gasteiger charge is -2.16. The highest BCUT2D eigenvalue weighted by atomic mass is 79.9. The van der Waals surface area contributed by atoms with Crippen molar-refractivity contribution in [1.29, 1.82) is 0 Å². The van der Waals surface area contributed by atoms with E-state index < -0.39 is 0 Å². The van der Waals surface area contributed by atoms with Gasteiger partial charge < -0.3 is 10.5 Å². The number of thioether (sulfide) groups is 1. The number of nitrogens with zero attached hydrogens (tertiary/aromatic N) is 2. The lowest BCUT2D eigenvalue weighted by molar-refractivity contribution is 0.182. The first-order chi connectivity index (χ1) is 8.60. The third kappa shape index (κ3) is 4.57. The van der Waals surface area contributed by atoms with Gasteiger partial charge in [-0.2, -0.15) is 16.9 Å². The average molecular weight is 336 g/mol. The Kier molecular flexibility index (Phi) is 7.29. The van der Waals surface area contributed by atoms with Crippen LogP contribution in [0.3, 0.4) is 0 Å². The molecule has 2 unspecified atom stereocenters. The summed E-state index contributed by atoms with van der Waals surface area (Å²) in [5.41, 5.74) is 7.32. The molecule has 0 aliphatic rings. The molecule has 0 aliphatic heterocycles. The molecule has 0 amide bonds. The minimum absolute atomic E-state index is 0.00210. The van der Waals surface area contributed by atoms with Gasteiger partial charge in [0.05, 0.1) is 35.6 Å². The molecule has 4 nitrogen and oxygen atoms in total. The summed E-state index contributed by atoms with van der Waals surface area (Å²) >= 11 is 5.43. The number of nitrogens with two attached hydrogens (primary N) is 1. The summed E-state index contributed by atoms with van der Waals surface area (Å²) in [5.74, 6) is 0.909. The fourth-order valence-corrected chi connectivity index (χ4v) is 3.08. The zero-order chi connectivity index (χ0) is 13.5. The Morgan fingerprint density at radius 1 is 1.61 bits per heavy atom. The number of hydrogen-bond donors (Lipinski definition) is 1. The van der Waals surface area contributed by atoms with Crippen LogP contribution in [0.1, 0.15) is 32.0 Å². The fraction of sp³-hybridized carbons (Fsp3) is 0.750. The average Bonchev–Trinajstić information content (AvgIpc) is 2.74. The number of aromatic nitrogens is 2. The van der Waals surface area contributed by atoms with Gasteiger partial charge in [-0.3, -0.25) is 4.68 Å². The summed E-state index contributed by atoms with van der Waals surface area (Å²) < 4.78 is 7.99. The SMILES string of the molecule is CCC(C)SCC(N)c1c(Br)cnn1CCOC. The molecule has 0 bridgehead atoms. The number of halogens is 1. The molecule has 18 heavy (non-hydrogen) atoms. The van der Waals surface area contributed by atoms with Crippen LogP contribution in [0.5, 0.6) is 0 Å². The Morgan fingerprint density at radius 3 is 2.94 bits per heavy atom. The summed E-state index contributed by atoms with van der Waals surface area (Å²) in [5, 5.41) is 4.97. The fourth-order valence-electron chi connectivity index (χ4n) is 1.56. The second-order valence-electron chi connectivity index (χ2n) is 4.25. The van der Waals surface area contributed by atoms with Crippen molar-refractivity contribution in [2.75, 3.05) is 19.5 Å². The maximum Gasteiger partial charge on any atom is 0.0702 e. The van der Waals surface area contributed by atoms with Crippen molar-refractivity contribution in [2.24, 2.45) is 5.73 Å². The normalized spacial score (nSPS) is 14.7. The van der Waals surface area contributed by atoms with Crippen molar-refractivity contribution in [3.63, 3.8) is 0 Å². The van der Waals surface area contributed by atoms with Gasteiger partial charge in [0.2, 0.25) is 0 Å². The van der Waals surface area contributed by atoms with Crippen LogP contribution in [-0.4, -0.2) is 34.5 Å². The highest BCUT2D eigenvalue weighted by Crippen LogP contribution is 2.26. The molecule has 0 aromatic carbocycles. The number of hydrogen-bond acceptors (Lipinski definition) is 4. The Morgan fingerprint density at radius 2 is 2.33 bits per heavy atom. The zero-order valence-corrected chi connectivity index (χ0v) is 13.6. The highest BCUT2D eigenvalue weighted by Gasteiger charge is 2.17. The molecule has 0 saturated carbocycles. The Hall–Kier alpha value is -0.0400. The lowest BCUT2D eigenvalue weighted by Crippen LogP contribution is -2.21. The number of methoxy groups -OCH3 is 1.